The highest BCUT2D eigenvalue weighted by Crippen LogP contribution is 2.29. The lowest BCUT2D eigenvalue weighted by Gasteiger charge is -2.07. The van der Waals surface area contributed by atoms with Gasteiger partial charge in [-0.1, -0.05) is 45.2 Å². The lowest BCUT2D eigenvalue weighted by molar-refractivity contribution is -0.126. The first kappa shape index (κ1) is 20.2. The monoisotopic (exact) mass is 457 g/mol. The van der Waals surface area contributed by atoms with Crippen molar-refractivity contribution in [1.82, 2.24) is 5.43 Å². The maximum Gasteiger partial charge on any atom is 0.249 e. The van der Waals surface area contributed by atoms with Crippen LogP contribution in [-0.2, 0) is 9.59 Å². The zero-order valence-corrected chi connectivity index (χ0v) is 16.7. The second-order valence-corrected chi connectivity index (χ2v) is 6.71. The van der Waals surface area contributed by atoms with E-state index in [-0.39, 0.29) is 5.02 Å². The zero-order valence-electron chi connectivity index (χ0n) is 13.6. The molecule has 0 unspecified atom stereocenters. The van der Waals surface area contributed by atoms with Crippen LogP contribution in [0.2, 0.25) is 10.0 Å². The lowest BCUT2D eigenvalue weighted by Crippen LogP contribution is -2.24. The number of nitrogens with zero attached hydrogens (tertiary/aromatic N) is 1. The average Bonchev–Trinajstić information content (AvgIpc) is 2.59. The molecule has 6 nitrogen and oxygen atoms in total. The smallest absolute Gasteiger partial charge is 0.249 e. The van der Waals surface area contributed by atoms with Gasteiger partial charge in [-0.05, 0) is 30.3 Å². The molecule has 0 fully saturated rings. The van der Waals surface area contributed by atoms with E-state index >= 15 is 0 Å². The molecule has 136 valence electrons. The fourth-order valence-electron chi connectivity index (χ4n) is 1.96. The Kier molecular flexibility index (Phi) is 7.44. The van der Waals surface area contributed by atoms with Crippen LogP contribution in [0.15, 0.2) is 46.0 Å². The number of methoxy groups -OCH3 is 1. The molecule has 2 N–H and O–H groups in total. The van der Waals surface area contributed by atoms with Crippen molar-refractivity contribution in [2.24, 2.45) is 5.10 Å². The first-order valence-electron chi connectivity index (χ1n) is 7.30. The van der Waals surface area contributed by atoms with Crippen LogP contribution in [0.3, 0.4) is 0 Å². The molecule has 0 heterocycles. The molecule has 0 aliphatic rings. The fraction of sp³-hybridized carbons (Fsp3) is 0.118. The van der Waals surface area contributed by atoms with Crippen molar-refractivity contribution in [3.63, 3.8) is 0 Å². The Morgan fingerprint density at radius 1 is 1.23 bits per heavy atom. The van der Waals surface area contributed by atoms with Crippen molar-refractivity contribution in [3.8, 4) is 5.75 Å². The predicted molar refractivity (Wildman–Crippen MR) is 106 cm³/mol. The van der Waals surface area contributed by atoms with Crippen molar-refractivity contribution >= 4 is 62.8 Å². The summed E-state index contributed by atoms with van der Waals surface area (Å²) in [5.74, 6) is -0.521. The van der Waals surface area contributed by atoms with Gasteiger partial charge in [0.1, 0.15) is 12.2 Å². The van der Waals surface area contributed by atoms with Crippen molar-refractivity contribution < 1.29 is 14.3 Å². The van der Waals surface area contributed by atoms with Crippen molar-refractivity contribution in [2.45, 2.75) is 6.42 Å². The Morgan fingerprint density at radius 3 is 2.73 bits per heavy atom. The minimum Gasteiger partial charge on any atom is -0.496 e. The standard InChI is InChI=1S/C17H14BrCl2N3O3/c1-26-14-6-5-11(18)7-10(14)9-21-23-16(25)8-15(24)22-13-4-2-3-12(19)17(13)20/h2-7,9H,8H2,1H3,(H,22,24)(H,23,25). The molecule has 2 amide bonds. The molecular weight excluding hydrogens is 445 g/mol. The molecule has 0 aliphatic carbocycles. The van der Waals surface area contributed by atoms with Crippen LogP contribution in [0.4, 0.5) is 5.69 Å². The molecule has 26 heavy (non-hydrogen) atoms. The summed E-state index contributed by atoms with van der Waals surface area (Å²) in [7, 11) is 1.53. The van der Waals surface area contributed by atoms with E-state index in [4.69, 9.17) is 27.9 Å². The fourth-order valence-corrected chi connectivity index (χ4v) is 2.69. The van der Waals surface area contributed by atoms with Gasteiger partial charge in [-0.3, -0.25) is 9.59 Å². The first-order valence-corrected chi connectivity index (χ1v) is 8.85. The Labute approximate surface area is 168 Å². The van der Waals surface area contributed by atoms with Gasteiger partial charge in [0.05, 0.1) is 29.1 Å². The van der Waals surface area contributed by atoms with Gasteiger partial charge in [0.2, 0.25) is 11.8 Å². The van der Waals surface area contributed by atoms with Crippen LogP contribution >= 0.6 is 39.1 Å². The maximum atomic E-state index is 11.9. The van der Waals surface area contributed by atoms with Crippen molar-refractivity contribution in [3.05, 3.63) is 56.5 Å². The number of hydrazone groups is 1. The molecule has 0 bridgehead atoms. The molecule has 9 heteroatoms. The average molecular weight is 459 g/mol. The normalized spacial score (nSPS) is 10.6. The minimum atomic E-state index is -0.578. The summed E-state index contributed by atoms with van der Waals surface area (Å²) in [5.41, 5.74) is 3.28. The largest absolute Gasteiger partial charge is 0.496 e. The minimum absolute atomic E-state index is 0.211. The molecule has 0 aliphatic heterocycles. The van der Waals surface area contributed by atoms with Crippen LogP contribution in [0, 0.1) is 0 Å². The van der Waals surface area contributed by atoms with Crippen LogP contribution in [0.25, 0.3) is 0 Å². The molecule has 0 aromatic heterocycles. The number of rotatable bonds is 6. The number of halogens is 3. The topological polar surface area (TPSA) is 79.8 Å². The van der Waals surface area contributed by atoms with Crippen LogP contribution < -0.4 is 15.5 Å². The van der Waals surface area contributed by atoms with Gasteiger partial charge in [-0.2, -0.15) is 5.10 Å². The van der Waals surface area contributed by atoms with Gasteiger partial charge < -0.3 is 10.1 Å². The number of nitrogens with one attached hydrogen (secondary N) is 2. The van der Waals surface area contributed by atoms with E-state index in [0.717, 1.165) is 4.47 Å². The summed E-state index contributed by atoms with van der Waals surface area (Å²) in [6, 6.07) is 10.2. The maximum absolute atomic E-state index is 11.9. The quantitative estimate of drug-likeness (QED) is 0.386. The van der Waals surface area contributed by atoms with Gasteiger partial charge >= 0.3 is 0 Å². The third-order valence-corrected chi connectivity index (χ3v) is 4.44. The van der Waals surface area contributed by atoms with E-state index in [1.165, 1.54) is 13.3 Å². The number of carbonyl (C=O) groups excluding carboxylic acids is 2. The number of hydrogen-bond acceptors (Lipinski definition) is 4. The van der Waals surface area contributed by atoms with E-state index in [1.54, 1.807) is 30.3 Å². The molecule has 0 saturated heterocycles. The highest BCUT2D eigenvalue weighted by atomic mass is 79.9. The SMILES string of the molecule is COc1ccc(Br)cc1C=NNC(=O)CC(=O)Nc1cccc(Cl)c1Cl. The molecule has 2 rings (SSSR count). The molecular formula is C17H14BrCl2N3O3. The molecule has 2 aromatic rings. The number of anilines is 1. The number of ether oxygens (including phenoxy) is 1. The second kappa shape index (κ2) is 9.56. The highest BCUT2D eigenvalue weighted by Gasteiger charge is 2.12. The second-order valence-electron chi connectivity index (χ2n) is 5.01. The molecule has 0 saturated carbocycles. The molecule has 0 radical (unpaired) electrons. The third-order valence-electron chi connectivity index (χ3n) is 3.13. The predicted octanol–water partition coefficient (Wildman–Crippen LogP) is 4.24. The Bertz CT molecular complexity index is 859. The number of amides is 2. The Balaban J connectivity index is 1.91. The number of hydrogen-bond donors (Lipinski definition) is 2. The van der Waals surface area contributed by atoms with Crippen LogP contribution in [0.5, 0.6) is 5.75 Å². The van der Waals surface area contributed by atoms with E-state index in [9.17, 15) is 9.59 Å². The summed E-state index contributed by atoms with van der Waals surface area (Å²) in [4.78, 5) is 23.7. The summed E-state index contributed by atoms with van der Waals surface area (Å²) in [6.07, 6.45) is 1.00. The van der Waals surface area contributed by atoms with E-state index in [1.807, 2.05) is 6.07 Å². The highest BCUT2D eigenvalue weighted by molar-refractivity contribution is 9.10. The van der Waals surface area contributed by atoms with E-state index in [0.29, 0.717) is 22.0 Å². The van der Waals surface area contributed by atoms with Crippen LogP contribution in [-0.4, -0.2) is 25.1 Å². The Morgan fingerprint density at radius 2 is 2.00 bits per heavy atom. The molecule has 2 aromatic carbocycles. The Hall–Kier alpha value is -2.09. The van der Waals surface area contributed by atoms with E-state index < -0.39 is 18.2 Å². The van der Waals surface area contributed by atoms with Crippen molar-refractivity contribution in [2.75, 3.05) is 12.4 Å². The van der Waals surface area contributed by atoms with E-state index in [2.05, 4.69) is 31.8 Å². The van der Waals surface area contributed by atoms with Crippen LogP contribution in [0.1, 0.15) is 12.0 Å². The van der Waals surface area contributed by atoms with Gasteiger partial charge in [0.25, 0.3) is 0 Å². The number of carbonyl (C=O) groups is 2. The first-order chi connectivity index (χ1) is 12.4. The van der Waals surface area contributed by atoms with Crippen molar-refractivity contribution in [1.29, 1.82) is 0 Å². The van der Waals surface area contributed by atoms with Gasteiger partial charge in [-0.15, -0.1) is 0 Å². The summed E-state index contributed by atoms with van der Waals surface area (Å²) in [6.45, 7) is 0. The summed E-state index contributed by atoms with van der Waals surface area (Å²) in [5, 5.41) is 6.87. The number of benzene rings is 2. The third kappa shape index (κ3) is 5.72. The van der Waals surface area contributed by atoms with Gasteiger partial charge in [-0.25, -0.2) is 5.43 Å². The summed E-state index contributed by atoms with van der Waals surface area (Å²) < 4.78 is 6.03. The molecule has 0 spiro atoms. The van der Waals surface area contributed by atoms with Gasteiger partial charge in [0, 0.05) is 10.0 Å². The molecule has 0 atom stereocenters. The van der Waals surface area contributed by atoms with Gasteiger partial charge in [0.15, 0.2) is 0 Å². The summed E-state index contributed by atoms with van der Waals surface area (Å²) >= 11 is 15.2. The lowest BCUT2D eigenvalue weighted by atomic mass is 10.2. The zero-order chi connectivity index (χ0) is 19.1.